The monoisotopic (exact) mass is 424 g/mol. The Morgan fingerprint density at radius 1 is 1.21 bits per heavy atom. The lowest BCUT2D eigenvalue weighted by molar-refractivity contribution is -0.168. The topological polar surface area (TPSA) is 51.2 Å². The Labute approximate surface area is 167 Å². The van der Waals surface area contributed by atoms with E-state index in [2.05, 4.69) is 15.0 Å². The summed E-state index contributed by atoms with van der Waals surface area (Å²) in [4.78, 5) is 16.5. The predicted octanol–water partition coefficient (Wildman–Crippen LogP) is 5.37. The molecule has 1 N–H and O–H groups in total. The molecule has 0 saturated heterocycles. The van der Waals surface area contributed by atoms with Crippen LogP contribution in [0.3, 0.4) is 0 Å². The molecular weight excluding hydrogens is 408 g/mol. The first-order valence-corrected chi connectivity index (χ1v) is 9.32. The van der Waals surface area contributed by atoms with E-state index in [1.165, 1.54) is 23.5 Å². The van der Waals surface area contributed by atoms with E-state index in [4.69, 9.17) is 0 Å². The molecule has 0 radical (unpaired) electrons. The first kappa shape index (κ1) is 20.9. The number of thiazole rings is 1. The zero-order valence-electron chi connectivity index (χ0n) is 14.9. The fourth-order valence-corrected chi connectivity index (χ4v) is 3.27. The largest absolute Gasteiger partial charge is 0.370 e. The van der Waals surface area contributed by atoms with Crippen LogP contribution >= 0.6 is 11.3 Å². The molecule has 0 aliphatic rings. The van der Waals surface area contributed by atoms with Gasteiger partial charge in [0.2, 0.25) is 5.91 Å². The summed E-state index contributed by atoms with van der Waals surface area (Å²) in [6.45, 7) is -1.67. The van der Waals surface area contributed by atoms with Crippen LogP contribution in [0.1, 0.15) is 10.6 Å². The molecule has 1 amide bonds. The van der Waals surface area contributed by atoms with Gasteiger partial charge in [0.25, 0.3) is 0 Å². The summed E-state index contributed by atoms with van der Waals surface area (Å²) in [5.41, 5.74) is 1.73. The Balaban J connectivity index is 1.55. The fourth-order valence-electron chi connectivity index (χ4n) is 2.40. The van der Waals surface area contributed by atoms with Gasteiger partial charge in [0, 0.05) is 11.8 Å². The lowest BCUT2D eigenvalue weighted by Gasteiger charge is -2.15. The molecule has 3 rings (SSSR count). The average molecular weight is 424 g/mol. The SMILES string of the molecule is O=C(/C=C/c1nc2ccccc2s1)Nc1cccc(COCC(F)(F)C(F)F)c1. The van der Waals surface area contributed by atoms with Crippen LogP contribution in [0.25, 0.3) is 16.3 Å². The molecule has 9 heteroatoms. The van der Waals surface area contributed by atoms with Gasteiger partial charge in [-0.05, 0) is 35.9 Å². The number of anilines is 1. The molecule has 0 aliphatic carbocycles. The molecule has 0 fully saturated rings. The van der Waals surface area contributed by atoms with E-state index < -0.39 is 24.9 Å². The number of carbonyl (C=O) groups is 1. The van der Waals surface area contributed by atoms with Crippen molar-refractivity contribution >= 4 is 39.2 Å². The van der Waals surface area contributed by atoms with Crippen LogP contribution in [0.4, 0.5) is 23.2 Å². The third kappa shape index (κ3) is 5.85. The minimum atomic E-state index is -4.20. The minimum absolute atomic E-state index is 0.284. The van der Waals surface area contributed by atoms with Gasteiger partial charge in [-0.15, -0.1) is 11.3 Å². The van der Waals surface area contributed by atoms with Crippen molar-refractivity contribution in [3.63, 3.8) is 0 Å². The van der Waals surface area contributed by atoms with Crippen molar-refractivity contribution in [2.24, 2.45) is 0 Å². The molecule has 0 unspecified atom stereocenters. The van der Waals surface area contributed by atoms with Crippen LogP contribution in [-0.4, -0.2) is 29.8 Å². The number of hydrogen-bond donors (Lipinski definition) is 1. The Morgan fingerprint density at radius 3 is 2.76 bits per heavy atom. The maximum atomic E-state index is 12.8. The van der Waals surface area contributed by atoms with E-state index in [1.54, 1.807) is 24.3 Å². The van der Waals surface area contributed by atoms with Gasteiger partial charge in [0.1, 0.15) is 11.6 Å². The Bertz CT molecular complexity index is 987. The highest BCUT2D eigenvalue weighted by atomic mass is 32.1. The number of fused-ring (bicyclic) bond motifs is 1. The van der Waals surface area contributed by atoms with Crippen molar-refractivity contribution in [2.45, 2.75) is 19.0 Å². The number of ether oxygens (including phenoxy) is 1. The van der Waals surface area contributed by atoms with E-state index >= 15 is 0 Å². The number of alkyl halides is 4. The molecule has 0 saturated carbocycles. The van der Waals surface area contributed by atoms with Gasteiger partial charge < -0.3 is 10.1 Å². The highest BCUT2D eigenvalue weighted by Gasteiger charge is 2.40. The minimum Gasteiger partial charge on any atom is -0.370 e. The molecule has 2 aromatic carbocycles. The lowest BCUT2D eigenvalue weighted by Crippen LogP contribution is -2.32. The lowest BCUT2D eigenvalue weighted by atomic mass is 10.2. The smallest absolute Gasteiger partial charge is 0.330 e. The van der Waals surface area contributed by atoms with E-state index in [-0.39, 0.29) is 6.61 Å². The number of halogens is 4. The molecule has 1 aromatic heterocycles. The molecule has 3 aromatic rings. The molecule has 0 bridgehead atoms. The van der Waals surface area contributed by atoms with Gasteiger partial charge in [0.15, 0.2) is 0 Å². The van der Waals surface area contributed by atoms with Crippen molar-refractivity contribution in [1.82, 2.24) is 4.98 Å². The van der Waals surface area contributed by atoms with Crippen molar-refractivity contribution < 1.29 is 27.1 Å². The number of nitrogens with one attached hydrogen (secondary N) is 1. The van der Waals surface area contributed by atoms with Crippen molar-refractivity contribution in [2.75, 3.05) is 11.9 Å². The molecule has 0 spiro atoms. The molecule has 0 atom stereocenters. The first-order chi connectivity index (χ1) is 13.8. The highest BCUT2D eigenvalue weighted by Crippen LogP contribution is 2.24. The number of hydrogen-bond acceptors (Lipinski definition) is 4. The zero-order chi connectivity index (χ0) is 20.9. The molecular formula is C20H16F4N2O2S. The maximum absolute atomic E-state index is 12.8. The second-order valence-electron chi connectivity index (χ2n) is 6.10. The quantitative estimate of drug-likeness (QED) is 0.391. The highest BCUT2D eigenvalue weighted by molar-refractivity contribution is 7.19. The summed E-state index contributed by atoms with van der Waals surface area (Å²) < 4.78 is 55.6. The third-order valence-corrected chi connectivity index (χ3v) is 4.77. The second-order valence-corrected chi connectivity index (χ2v) is 7.16. The van der Waals surface area contributed by atoms with E-state index in [0.29, 0.717) is 16.3 Å². The van der Waals surface area contributed by atoms with Gasteiger partial charge >= 0.3 is 12.3 Å². The number of nitrogens with zero attached hydrogens (tertiary/aromatic N) is 1. The molecule has 4 nitrogen and oxygen atoms in total. The van der Waals surface area contributed by atoms with E-state index in [9.17, 15) is 22.4 Å². The number of carbonyl (C=O) groups excluding carboxylic acids is 1. The van der Waals surface area contributed by atoms with Crippen LogP contribution in [-0.2, 0) is 16.1 Å². The molecule has 29 heavy (non-hydrogen) atoms. The van der Waals surface area contributed by atoms with Crippen molar-refractivity contribution in [3.05, 3.63) is 65.2 Å². The normalized spacial score (nSPS) is 12.2. The number of para-hydroxylation sites is 1. The summed E-state index contributed by atoms with van der Waals surface area (Å²) >= 11 is 1.45. The van der Waals surface area contributed by atoms with Crippen LogP contribution in [0, 0.1) is 0 Å². The summed E-state index contributed by atoms with van der Waals surface area (Å²) in [6, 6.07) is 13.9. The van der Waals surface area contributed by atoms with Gasteiger partial charge in [-0.1, -0.05) is 24.3 Å². The fraction of sp³-hybridized carbons (Fsp3) is 0.200. The predicted molar refractivity (Wildman–Crippen MR) is 104 cm³/mol. The number of aromatic nitrogens is 1. The summed E-state index contributed by atoms with van der Waals surface area (Å²) in [7, 11) is 0. The van der Waals surface area contributed by atoms with Gasteiger partial charge in [0.05, 0.1) is 16.8 Å². The maximum Gasteiger partial charge on any atom is 0.330 e. The average Bonchev–Trinajstić information content (AvgIpc) is 3.09. The van der Waals surface area contributed by atoms with Gasteiger partial charge in [-0.2, -0.15) is 8.78 Å². The van der Waals surface area contributed by atoms with Crippen molar-refractivity contribution in [3.8, 4) is 0 Å². The Kier molecular flexibility index (Phi) is 6.60. The van der Waals surface area contributed by atoms with E-state index in [1.807, 2.05) is 24.3 Å². The van der Waals surface area contributed by atoms with Crippen LogP contribution in [0.15, 0.2) is 54.6 Å². The van der Waals surface area contributed by atoms with Gasteiger partial charge in [-0.25, -0.2) is 13.8 Å². The number of amides is 1. The number of rotatable bonds is 8. The van der Waals surface area contributed by atoms with Gasteiger partial charge in [-0.3, -0.25) is 4.79 Å². The molecule has 1 heterocycles. The van der Waals surface area contributed by atoms with Crippen molar-refractivity contribution in [1.29, 1.82) is 0 Å². The van der Waals surface area contributed by atoms with Crippen LogP contribution < -0.4 is 5.32 Å². The standard InChI is InChI=1S/C20H16F4N2O2S/c21-19(22)20(23,24)12-28-11-13-4-3-5-14(10-13)25-17(27)8-9-18-26-15-6-1-2-7-16(15)29-18/h1-10,19H,11-12H2,(H,25,27)/b9-8+. The zero-order valence-corrected chi connectivity index (χ0v) is 15.8. The summed E-state index contributed by atoms with van der Waals surface area (Å²) in [5, 5.41) is 3.32. The third-order valence-electron chi connectivity index (χ3n) is 3.76. The summed E-state index contributed by atoms with van der Waals surface area (Å²) in [5.74, 6) is -4.59. The summed E-state index contributed by atoms with van der Waals surface area (Å²) in [6.07, 6.45) is -0.848. The Hall–Kier alpha value is -2.78. The number of benzene rings is 2. The first-order valence-electron chi connectivity index (χ1n) is 8.51. The second kappa shape index (κ2) is 9.15. The Morgan fingerprint density at radius 2 is 2.00 bits per heavy atom. The van der Waals surface area contributed by atoms with Crippen LogP contribution in [0.5, 0.6) is 0 Å². The van der Waals surface area contributed by atoms with E-state index in [0.717, 1.165) is 10.2 Å². The molecule has 152 valence electrons. The van der Waals surface area contributed by atoms with Crippen LogP contribution in [0.2, 0.25) is 0 Å². The molecule has 0 aliphatic heterocycles.